The number of benzene rings is 1. The minimum atomic E-state index is -0.586. The molecule has 172 valence electrons. The molecule has 0 aliphatic carbocycles. The van der Waals surface area contributed by atoms with Crippen molar-refractivity contribution in [1.29, 1.82) is 0 Å². The molecule has 1 aromatic rings. The highest BCUT2D eigenvalue weighted by molar-refractivity contribution is 6.30. The fourth-order valence-electron chi connectivity index (χ4n) is 3.74. The van der Waals surface area contributed by atoms with Gasteiger partial charge in [0.25, 0.3) is 0 Å². The minimum absolute atomic E-state index is 0.110. The minimum Gasteiger partial charge on any atom is -0.444 e. The molecule has 0 saturated carbocycles. The van der Waals surface area contributed by atoms with Gasteiger partial charge in [-0.3, -0.25) is 9.69 Å². The van der Waals surface area contributed by atoms with Gasteiger partial charge >= 0.3 is 6.09 Å². The Kier molecular flexibility index (Phi) is 8.02. The molecular formula is C22H33ClN4O4. The van der Waals surface area contributed by atoms with Crippen molar-refractivity contribution in [3.63, 3.8) is 0 Å². The van der Waals surface area contributed by atoms with Gasteiger partial charge in [0, 0.05) is 50.0 Å². The van der Waals surface area contributed by atoms with Crippen molar-refractivity contribution in [2.24, 2.45) is 0 Å². The lowest BCUT2D eigenvalue weighted by atomic mass is 10.1. The summed E-state index contributed by atoms with van der Waals surface area (Å²) in [6.45, 7) is 11.3. The second-order valence-corrected chi connectivity index (χ2v) is 9.30. The number of anilines is 1. The molecule has 2 aliphatic rings. The van der Waals surface area contributed by atoms with Crippen LogP contribution in [-0.2, 0) is 14.3 Å². The highest BCUT2D eigenvalue weighted by atomic mass is 35.5. The highest BCUT2D eigenvalue weighted by Crippen LogP contribution is 2.25. The molecule has 1 unspecified atom stereocenters. The Labute approximate surface area is 189 Å². The Morgan fingerprint density at radius 3 is 2.61 bits per heavy atom. The molecule has 1 N–H and O–H groups in total. The summed E-state index contributed by atoms with van der Waals surface area (Å²) in [7, 11) is 0. The first-order valence-corrected chi connectivity index (χ1v) is 11.2. The van der Waals surface area contributed by atoms with Crippen LogP contribution in [0.1, 0.15) is 20.8 Å². The van der Waals surface area contributed by atoms with Gasteiger partial charge in [0.2, 0.25) is 5.91 Å². The molecule has 9 heteroatoms. The van der Waals surface area contributed by atoms with Gasteiger partial charge in [0.05, 0.1) is 19.8 Å². The molecule has 0 radical (unpaired) electrons. The summed E-state index contributed by atoms with van der Waals surface area (Å²) < 4.78 is 10.9. The fourth-order valence-corrected chi connectivity index (χ4v) is 3.93. The van der Waals surface area contributed by atoms with E-state index in [1.54, 1.807) is 11.0 Å². The predicted molar refractivity (Wildman–Crippen MR) is 121 cm³/mol. The fraction of sp³-hybridized carbons (Fsp3) is 0.636. The topological polar surface area (TPSA) is 74.4 Å². The summed E-state index contributed by atoms with van der Waals surface area (Å²) in [6.07, 6.45) is -0.399. The van der Waals surface area contributed by atoms with E-state index in [0.717, 1.165) is 38.5 Å². The number of nitrogens with one attached hydrogen (secondary N) is 1. The molecular weight excluding hydrogens is 420 g/mol. The third kappa shape index (κ3) is 6.98. The van der Waals surface area contributed by atoms with E-state index in [2.05, 4.69) is 10.2 Å². The molecule has 2 aliphatic heterocycles. The molecule has 0 spiro atoms. The summed E-state index contributed by atoms with van der Waals surface area (Å²) in [5.41, 5.74) is 0.279. The second-order valence-electron chi connectivity index (χ2n) is 8.86. The van der Waals surface area contributed by atoms with E-state index in [0.29, 0.717) is 24.7 Å². The van der Waals surface area contributed by atoms with Gasteiger partial charge in [0.1, 0.15) is 11.6 Å². The summed E-state index contributed by atoms with van der Waals surface area (Å²) in [6, 6.07) is 6.93. The quantitative estimate of drug-likeness (QED) is 0.738. The molecule has 2 heterocycles. The Hall–Kier alpha value is -2.03. The number of halogens is 1. The number of hydrogen-bond donors (Lipinski definition) is 1. The predicted octanol–water partition coefficient (Wildman–Crippen LogP) is 2.21. The first-order valence-electron chi connectivity index (χ1n) is 10.8. The third-order valence-corrected chi connectivity index (χ3v) is 5.54. The normalized spacial score (nSPS) is 20.5. The van der Waals surface area contributed by atoms with Gasteiger partial charge < -0.3 is 24.6 Å². The number of nitrogens with zero attached hydrogens (tertiary/aromatic N) is 3. The number of ether oxygens (including phenoxy) is 2. The zero-order chi connectivity index (χ0) is 22.4. The Morgan fingerprint density at radius 2 is 1.94 bits per heavy atom. The molecule has 0 bridgehead atoms. The van der Waals surface area contributed by atoms with E-state index in [4.69, 9.17) is 21.1 Å². The number of morpholine rings is 1. The van der Waals surface area contributed by atoms with Crippen molar-refractivity contribution in [2.45, 2.75) is 32.4 Å². The number of carbonyl (C=O) groups is 2. The van der Waals surface area contributed by atoms with Crippen molar-refractivity contribution >= 4 is 29.3 Å². The van der Waals surface area contributed by atoms with Crippen LogP contribution < -0.4 is 10.2 Å². The van der Waals surface area contributed by atoms with Crippen molar-refractivity contribution in [3.05, 3.63) is 29.3 Å². The standard InChI is InChI=1S/C22H33ClN4O4/c1-22(2,3)31-21(29)26-9-10-27(18-6-4-5-17(23)15-18)19(16-26)20(28)24-7-8-25-11-13-30-14-12-25/h4-6,15,19H,7-14,16H2,1-3H3,(H,24,28). The first kappa shape index (κ1) is 23.6. The third-order valence-electron chi connectivity index (χ3n) is 5.31. The van der Waals surface area contributed by atoms with Crippen molar-refractivity contribution < 1.29 is 19.1 Å². The van der Waals surface area contributed by atoms with Gasteiger partial charge in [0.15, 0.2) is 0 Å². The summed E-state index contributed by atoms with van der Waals surface area (Å²) in [5.74, 6) is -0.110. The number of amides is 2. The van der Waals surface area contributed by atoms with E-state index in [1.165, 1.54) is 0 Å². The highest BCUT2D eigenvalue weighted by Gasteiger charge is 2.36. The second kappa shape index (κ2) is 10.5. The average Bonchev–Trinajstić information content (AvgIpc) is 2.73. The summed E-state index contributed by atoms with van der Waals surface area (Å²) in [4.78, 5) is 31.7. The molecule has 31 heavy (non-hydrogen) atoms. The first-order chi connectivity index (χ1) is 14.7. The summed E-state index contributed by atoms with van der Waals surface area (Å²) >= 11 is 6.19. The average molecular weight is 453 g/mol. The Balaban J connectivity index is 1.67. The van der Waals surface area contributed by atoms with E-state index in [-0.39, 0.29) is 12.5 Å². The van der Waals surface area contributed by atoms with Crippen LogP contribution in [0.15, 0.2) is 24.3 Å². The molecule has 8 nitrogen and oxygen atoms in total. The van der Waals surface area contributed by atoms with Crippen LogP contribution in [0.5, 0.6) is 0 Å². The molecule has 1 aromatic carbocycles. The van der Waals surface area contributed by atoms with Crippen LogP contribution in [0.2, 0.25) is 5.02 Å². The molecule has 2 saturated heterocycles. The van der Waals surface area contributed by atoms with Crippen LogP contribution in [0.3, 0.4) is 0 Å². The molecule has 2 fully saturated rings. The molecule has 1 atom stereocenters. The van der Waals surface area contributed by atoms with Crippen LogP contribution in [0.25, 0.3) is 0 Å². The van der Waals surface area contributed by atoms with E-state index >= 15 is 0 Å². The number of rotatable bonds is 5. The zero-order valence-corrected chi connectivity index (χ0v) is 19.4. The van der Waals surface area contributed by atoms with Gasteiger partial charge in [-0.25, -0.2) is 4.79 Å². The number of carbonyl (C=O) groups excluding carboxylic acids is 2. The van der Waals surface area contributed by atoms with Crippen LogP contribution >= 0.6 is 11.6 Å². The lowest BCUT2D eigenvalue weighted by molar-refractivity contribution is -0.123. The van der Waals surface area contributed by atoms with Crippen molar-refractivity contribution in [1.82, 2.24) is 15.1 Å². The van der Waals surface area contributed by atoms with Crippen molar-refractivity contribution in [2.75, 3.05) is 63.9 Å². The van der Waals surface area contributed by atoms with Gasteiger partial charge in [-0.2, -0.15) is 0 Å². The Bertz CT molecular complexity index is 764. The lowest BCUT2D eigenvalue weighted by Gasteiger charge is -2.42. The molecule has 2 amide bonds. The maximum Gasteiger partial charge on any atom is 0.410 e. The molecule has 3 rings (SSSR count). The monoisotopic (exact) mass is 452 g/mol. The van der Waals surface area contributed by atoms with E-state index in [1.807, 2.05) is 43.9 Å². The maximum absolute atomic E-state index is 13.2. The van der Waals surface area contributed by atoms with E-state index in [9.17, 15) is 9.59 Å². The van der Waals surface area contributed by atoms with Crippen LogP contribution in [0, 0.1) is 0 Å². The van der Waals surface area contributed by atoms with Crippen molar-refractivity contribution in [3.8, 4) is 0 Å². The SMILES string of the molecule is CC(C)(C)OC(=O)N1CCN(c2cccc(Cl)c2)C(C(=O)NCCN2CCOCC2)C1. The van der Waals surface area contributed by atoms with E-state index < -0.39 is 17.7 Å². The zero-order valence-electron chi connectivity index (χ0n) is 18.6. The summed E-state index contributed by atoms with van der Waals surface area (Å²) in [5, 5.41) is 3.66. The van der Waals surface area contributed by atoms with Gasteiger partial charge in [-0.05, 0) is 39.0 Å². The largest absolute Gasteiger partial charge is 0.444 e. The lowest BCUT2D eigenvalue weighted by Crippen LogP contribution is -2.61. The maximum atomic E-state index is 13.2. The van der Waals surface area contributed by atoms with Gasteiger partial charge in [-0.1, -0.05) is 17.7 Å². The van der Waals surface area contributed by atoms with Gasteiger partial charge in [-0.15, -0.1) is 0 Å². The number of hydrogen-bond acceptors (Lipinski definition) is 6. The Morgan fingerprint density at radius 1 is 1.19 bits per heavy atom. The molecule has 0 aromatic heterocycles. The number of piperazine rings is 1. The smallest absolute Gasteiger partial charge is 0.410 e. The van der Waals surface area contributed by atoms with Crippen LogP contribution in [-0.4, -0.2) is 92.5 Å². The van der Waals surface area contributed by atoms with Crippen LogP contribution in [0.4, 0.5) is 10.5 Å².